The summed E-state index contributed by atoms with van der Waals surface area (Å²) >= 11 is 12.9. The molecule has 6 nitrogen and oxygen atoms in total. The van der Waals surface area contributed by atoms with Crippen LogP contribution in [0, 0.1) is 0 Å². The summed E-state index contributed by atoms with van der Waals surface area (Å²) in [5.74, 6) is -0.00657. The zero-order chi connectivity index (χ0) is 30.0. The van der Waals surface area contributed by atoms with E-state index >= 15 is 0 Å². The predicted octanol–water partition coefficient (Wildman–Crippen LogP) is 8.67. The van der Waals surface area contributed by atoms with Crippen molar-refractivity contribution < 1.29 is 32.5 Å². The van der Waals surface area contributed by atoms with Crippen molar-refractivity contribution in [3.05, 3.63) is 93.2 Å². The minimum atomic E-state index is -3.00. The number of esters is 1. The van der Waals surface area contributed by atoms with Crippen LogP contribution < -0.4 is 14.2 Å². The average molecular weight is 616 g/mol. The molecule has 5 rings (SSSR count). The standard InChI is InChI=1S/C32H29Cl2F2NO5/c1-17(19-6-7-21-13-22(39-2)9-8-20(21)12-19)31(38)41-28(14-24-25(33)15-37-16-26(24)34)23-10-11-27(42-32(35)36)29(18-4-5-18)30(23)40-3/h6-13,15-18,28,32H,4-5,14H2,1-3H3. The molecule has 0 N–H and O–H groups in total. The van der Waals surface area contributed by atoms with Crippen LogP contribution in [0.5, 0.6) is 17.2 Å². The van der Waals surface area contributed by atoms with Crippen molar-refractivity contribution in [3.8, 4) is 17.2 Å². The smallest absolute Gasteiger partial charge is 0.387 e. The highest BCUT2D eigenvalue weighted by Gasteiger charge is 2.35. The van der Waals surface area contributed by atoms with Crippen molar-refractivity contribution in [3.63, 3.8) is 0 Å². The molecular weight excluding hydrogens is 587 g/mol. The van der Waals surface area contributed by atoms with E-state index in [1.807, 2.05) is 36.4 Å². The molecule has 1 heterocycles. The molecule has 2 unspecified atom stereocenters. The van der Waals surface area contributed by atoms with Gasteiger partial charge in [-0.15, -0.1) is 0 Å². The molecule has 1 saturated carbocycles. The molecule has 2 atom stereocenters. The van der Waals surface area contributed by atoms with Crippen LogP contribution in [0.3, 0.4) is 0 Å². The molecule has 42 heavy (non-hydrogen) atoms. The molecule has 0 bridgehead atoms. The monoisotopic (exact) mass is 615 g/mol. The van der Waals surface area contributed by atoms with Gasteiger partial charge in [-0.1, -0.05) is 47.5 Å². The quantitative estimate of drug-likeness (QED) is 0.157. The summed E-state index contributed by atoms with van der Waals surface area (Å²) in [6, 6.07) is 14.5. The van der Waals surface area contributed by atoms with E-state index in [9.17, 15) is 13.6 Å². The lowest BCUT2D eigenvalue weighted by molar-refractivity contribution is -0.151. The summed E-state index contributed by atoms with van der Waals surface area (Å²) in [6.07, 6.45) is 3.72. The van der Waals surface area contributed by atoms with Crippen molar-refractivity contribution >= 4 is 39.9 Å². The summed E-state index contributed by atoms with van der Waals surface area (Å²) in [6.45, 7) is -1.23. The molecule has 1 fully saturated rings. The second-order valence-electron chi connectivity index (χ2n) is 10.2. The minimum absolute atomic E-state index is 0.00625. The summed E-state index contributed by atoms with van der Waals surface area (Å²) in [5, 5.41) is 2.54. The van der Waals surface area contributed by atoms with Crippen molar-refractivity contribution in [2.75, 3.05) is 14.2 Å². The normalized spacial score (nSPS) is 14.5. The third kappa shape index (κ3) is 6.40. The van der Waals surface area contributed by atoms with Crippen molar-refractivity contribution in [2.24, 2.45) is 0 Å². The first-order chi connectivity index (χ1) is 20.2. The van der Waals surface area contributed by atoms with Gasteiger partial charge in [0.2, 0.25) is 0 Å². The van der Waals surface area contributed by atoms with Gasteiger partial charge in [-0.05, 0) is 71.8 Å². The molecule has 1 aliphatic rings. The van der Waals surface area contributed by atoms with Gasteiger partial charge in [-0.2, -0.15) is 8.78 Å². The van der Waals surface area contributed by atoms with Gasteiger partial charge in [-0.25, -0.2) is 0 Å². The van der Waals surface area contributed by atoms with Gasteiger partial charge in [0.05, 0.1) is 30.2 Å². The summed E-state index contributed by atoms with van der Waals surface area (Å²) in [4.78, 5) is 17.7. The van der Waals surface area contributed by atoms with E-state index in [1.165, 1.54) is 25.6 Å². The number of fused-ring (bicyclic) bond motifs is 1. The number of benzene rings is 3. The Hall–Kier alpha value is -3.62. The van der Waals surface area contributed by atoms with Gasteiger partial charge in [0, 0.05) is 29.9 Å². The first-order valence-electron chi connectivity index (χ1n) is 13.4. The minimum Gasteiger partial charge on any atom is -0.497 e. The van der Waals surface area contributed by atoms with Crippen LogP contribution in [-0.2, 0) is 16.0 Å². The van der Waals surface area contributed by atoms with Crippen LogP contribution >= 0.6 is 23.2 Å². The molecule has 0 aliphatic heterocycles. The van der Waals surface area contributed by atoms with E-state index in [0.717, 1.165) is 34.9 Å². The van der Waals surface area contributed by atoms with Crippen LogP contribution in [0.15, 0.2) is 60.9 Å². The Labute approximate surface area is 252 Å². The lowest BCUT2D eigenvalue weighted by atomic mass is 9.95. The number of pyridine rings is 1. The van der Waals surface area contributed by atoms with Crippen molar-refractivity contribution in [2.45, 2.75) is 50.7 Å². The second kappa shape index (κ2) is 12.7. The van der Waals surface area contributed by atoms with Gasteiger partial charge in [-0.3, -0.25) is 9.78 Å². The number of alkyl halides is 2. The number of halogens is 4. The Bertz CT molecular complexity index is 1590. The molecular formula is C32H29Cl2F2NO5. The SMILES string of the molecule is COc1ccc2cc(C(C)C(=O)OC(Cc3c(Cl)cncc3Cl)c3ccc(OC(F)F)c(C4CC4)c3OC)ccc2c1. The number of rotatable bonds is 11. The molecule has 1 aliphatic carbocycles. The number of hydrogen-bond donors (Lipinski definition) is 0. The van der Waals surface area contributed by atoms with Crippen LogP contribution in [0.4, 0.5) is 8.78 Å². The maximum atomic E-state index is 13.7. The Kier molecular flexibility index (Phi) is 9.04. The van der Waals surface area contributed by atoms with E-state index in [1.54, 1.807) is 20.1 Å². The number of methoxy groups -OCH3 is 2. The van der Waals surface area contributed by atoms with Gasteiger partial charge >= 0.3 is 12.6 Å². The highest BCUT2D eigenvalue weighted by Crippen LogP contribution is 2.52. The molecule has 0 saturated heterocycles. The van der Waals surface area contributed by atoms with E-state index in [2.05, 4.69) is 4.98 Å². The maximum Gasteiger partial charge on any atom is 0.387 e. The molecule has 220 valence electrons. The number of hydrogen-bond acceptors (Lipinski definition) is 6. The topological polar surface area (TPSA) is 66.9 Å². The number of carbonyl (C=O) groups is 1. The van der Waals surface area contributed by atoms with E-state index in [4.69, 9.17) is 42.1 Å². The first kappa shape index (κ1) is 29.9. The third-order valence-corrected chi connectivity index (χ3v) is 8.12. The molecule has 10 heteroatoms. The molecule has 0 spiro atoms. The Morgan fingerprint density at radius 2 is 1.67 bits per heavy atom. The van der Waals surface area contributed by atoms with Crippen molar-refractivity contribution in [1.82, 2.24) is 4.98 Å². The number of ether oxygens (including phenoxy) is 4. The fourth-order valence-electron chi connectivity index (χ4n) is 5.09. The van der Waals surface area contributed by atoms with Crippen LogP contribution in [0.1, 0.15) is 60.0 Å². The molecule has 4 aromatic rings. The summed E-state index contributed by atoms with van der Waals surface area (Å²) in [5.41, 5.74) is 2.32. The predicted molar refractivity (Wildman–Crippen MR) is 157 cm³/mol. The average Bonchev–Trinajstić information content (AvgIpc) is 3.82. The lowest BCUT2D eigenvalue weighted by Gasteiger charge is -2.25. The van der Waals surface area contributed by atoms with Gasteiger partial charge in [0.1, 0.15) is 23.4 Å². The number of nitrogens with zero attached hydrogens (tertiary/aromatic N) is 1. The van der Waals surface area contributed by atoms with Crippen molar-refractivity contribution in [1.29, 1.82) is 0 Å². The largest absolute Gasteiger partial charge is 0.497 e. The summed E-state index contributed by atoms with van der Waals surface area (Å²) < 4.78 is 48.6. The Morgan fingerprint density at radius 3 is 2.31 bits per heavy atom. The maximum absolute atomic E-state index is 13.7. The molecule has 3 aromatic carbocycles. The zero-order valence-corrected chi connectivity index (χ0v) is 24.7. The van der Waals surface area contributed by atoms with Gasteiger partial charge in [0.15, 0.2) is 0 Å². The highest BCUT2D eigenvalue weighted by molar-refractivity contribution is 6.35. The van der Waals surface area contributed by atoms with E-state index < -0.39 is 24.6 Å². The fraction of sp³-hybridized carbons (Fsp3) is 0.312. The van der Waals surface area contributed by atoms with Crippen LogP contribution in [-0.4, -0.2) is 31.8 Å². The van der Waals surface area contributed by atoms with E-state index in [-0.39, 0.29) is 18.1 Å². The molecule has 0 amide bonds. The zero-order valence-electron chi connectivity index (χ0n) is 23.2. The Balaban J connectivity index is 1.52. The van der Waals surface area contributed by atoms with Gasteiger partial charge in [0.25, 0.3) is 0 Å². The molecule has 1 aromatic heterocycles. The lowest BCUT2D eigenvalue weighted by Crippen LogP contribution is -2.20. The number of aromatic nitrogens is 1. The first-order valence-corrected chi connectivity index (χ1v) is 14.2. The van der Waals surface area contributed by atoms with E-state index in [0.29, 0.717) is 32.5 Å². The highest BCUT2D eigenvalue weighted by atomic mass is 35.5. The van der Waals surface area contributed by atoms with Crippen LogP contribution in [0.2, 0.25) is 10.0 Å². The third-order valence-electron chi connectivity index (χ3n) is 7.46. The van der Waals surface area contributed by atoms with Crippen LogP contribution in [0.25, 0.3) is 10.8 Å². The Morgan fingerprint density at radius 1 is 0.976 bits per heavy atom. The summed E-state index contributed by atoms with van der Waals surface area (Å²) in [7, 11) is 3.06. The molecule has 0 radical (unpaired) electrons. The van der Waals surface area contributed by atoms with Gasteiger partial charge < -0.3 is 18.9 Å². The fourth-order valence-corrected chi connectivity index (χ4v) is 5.61. The second-order valence-corrected chi connectivity index (χ2v) is 11.0. The number of carbonyl (C=O) groups excluding carboxylic acids is 1.